The molecular weight excluding hydrogens is 258 g/mol. The first-order chi connectivity index (χ1) is 10.2. The Hall–Kier alpha value is -1.80. The van der Waals surface area contributed by atoms with E-state index in [1.54, 1.807) is 0 Å². The van der Waals surface area contributed by atoms with Crippen molar-refractivity contribution in [1.29, 1.82) is 0 Å². The summed E-state index contributed by atoms with van der Waals surface area (Å²) < 4.78 is 0. The normalized spacial score (nSPS) is 23.3. The van der Waals surface area contributed by atoms with Crippen LogP contribution in [0.25, 0.3) is 0 Å². The predicted octanol–water partition coefficient (Wildman–Crippen LogP) is 4.00. The average Bonchev–Trinajstić information content (AvgIpc) is 3.10. The van der Waals surface area contributed by atoms with Crippen molar-refractivity contribution < 1.29 is 5.11 Å². The van der Waals surface area contributed by atoms with Gasteiger partial charge < -0.3 is 5.11 Å². The molecule has 0 aromatic heterocycles. The summed E-state index contributed by atoms with van der Waals surface area (Å²) in [6, 6.07) is 15.8. The number of aromatic hydroxyl groups is 1. The third-order valence-corrected chi connectivity index (χ3v) is 5.26. The van der Waals surface area contributed by atoms with Gasteiger partial charge in [0.05, 0.1) is 0 Å². The van der Waals surface area contributed by atoms with Crippen molar-refractivity contribution in [3.05, 3.63) is 64.7 Å². The summed E-state index contributed by atoms with van der Waals surface area (Å²) in [4.78, 5) is 2.55. The zero-order chi connectivity index (χ0) is 14.4. The van der Waals surface area contributed by atoms with E-state index in [0.717, 1.165) is 12.8 Å². The minimum atomic E-state index is 0.392. The Morgan fingerprint density at radius 2 is 1.57 bits per heavy atom. The van der Waals surface area contributed by atoms with E-state index in [-0.39, 0.29) is 0 Å². The number of nitrogens with zero attached hydrogens (tertiary/aromatic N) is 1. The molecule has 2 aliphatic carbocycles. The number of hydrogen-bond donors (Lipinski definition) is 1. The van der Waals surface area contributed by atoms with Crippen LogP contribution in [-0.4, -0.2) is 17.1 Å². The van der Waals surface area contributed by atoms with Crippen molar-refractivity contribution in [2.45, 2.75) is 37.8 Å². The highest BCUT2D eigenvalue weighted by atomic mass is 16.3. The maximum absolute atomic E-state index is 9.65. The summed E-state index contributed by atoms with van der Waals surface area (Å²) in [5, 5.41) is 9.65. The molecule has 0 amide bonds. The second kappa shape index (κ2) is 4.88. The molecule has 0 bridgehead atoms. The Labute approximate surface area is 126 Å². The maximum atomic E-state index is 9.65. The first kappa shape index (κ1) is 12.9. The topological polar surface area (TPSA) is 23.5 Å². The molecule has 0 fully saturated rings. The Morgan fingerprint density at radius 3 is 2.38 bits per heavy atom. The summed E-state index contributed by atoms with van der Waals surface area (Å²) in [5.74, 6) is 0.392. The van der Waals surface area contributed by atoms with Gasteiger partial charge in [0.25, 0.3) is 0 Å². The number of phenolic OH excluding ortho intramolecular Hbond substituents is 1. The molecule has 2 nitrogen and oxygen atoms in total. The number of fused-ring (bicyclic) bond motifs is 2. The lowest BCUT2D eigenvalue weighted by molar-refractivity contribution is 0.173. The van der Waals surface area contributed by atoms with E-state index in [1.807, 2.05) is 12.1 Å². The second-order valence-corrected chi connectivity index (χ2v) is 6.36. The molecule has 2 unspecified atom stereocenters. The first-order valence-electron chi connectivity index (χ1n) is 7.85. The molecule has 0 spiro atoms. The third kappa shape index (κ3) is 2.06. The number of rotatable bonds is 2. The van der Waals surface area contributed by atoms with E-state index in [0.29, 0.717) is 17.8 Å². The molecule has 2 aromatic rings. The number of benzene rings is 2. The Balaban J connectivity index is 1.65. The van der Waals surface area contributed by atoms with Gasteiger partial charge in [0.15, 0.2) is 0 Å². The van der Waals surface area contributed by atoms with Crippen molar-refractivity contribution in [3.8, 4) is 5.75 Å². The van der Waals surface area contributed by atoms with E-state index < -0.39 is 0 Å². The lowest BCUT2D eigenvalue weighted by Crippen LogP contribution is -2.26. The fraction of sp³-hybridized carbons (Fsp3) is 0.368. The first-order valence-corrected chi connectivity index (χ1v) is 7.85. The summed E-state index contributed by atoms with van der Waals surface area (Å²) in [7, 11) is 2.26. The molecule has 0 saturated carbocycles. The lowest BCUT2D eigenvalue weighted by Gasteiger charge is -2.32. The molecule has 2 aliphatic rings. The van der Waals surface area contributed by atoms with Gasteiger partial charge in [-0.3, -0.25) is 4.90 Å². The fourth-order valence-electron chi connectivity index (χ4n) is 4.18. The van der Waals surface area contributed by atoms with Crippen LogP contribution in [0.2, 0.25) is 0 Å². The molecule has 0 aliphatic heterocycles. The van der Waals surface area contributed by atoms with Gasteiger partial charge in [-0.05, 0) is 67.1 Å². The van der Waals surface area contributed by atoms with Crippen molar-refractivity contribution in [2.75, 3.05) is 7.05 Å². The smallest absolute Gasteiger partial charge is 0.115 e. The van der Waals surface area contributed by atoms with Crippen LogP contribution in [0.3, 0.4) is 0 Å². The van der Waals surface area contributed by atoms with Gasteiger partial charge in [-0.2, -0.15) is 0 Å². The Bertz CT molecular complexity index is 679. The van der Waals surface area contributed by atoms with Gasteiger partial charge in [-0.15, -0.1) is 0 Å². The monoisotopic (exact) mass is 279 g/mol. The minimum Gasteiger partial charge on any atom is -0.508 e. The largest absolute Gasteiger partial charge is 0.508 e. The fourth-order valence-corrected chi connectivity index (χ4v) is 4.18. The molecule has 2 aromatic carbocycles. The molecule has 2 atom stereocenters. The van der Waals surface area contributed by atoms with Crippen LogP contribution in [0.15, 0.2) is 42.5 Å². The number of aryl methyl sites for hydroxylation is 2. The van der Waals surface area contributed by atoms with Crippen molar-refractivity contribution in [2.24, 2.45) is 0 Å². The van der Waals surface area contributed by atoms with Gasteiger partial charge in [0.1, 0.15) is 5.75 Å². The van der Waals surface area contributed by atoms with Crippen LogP contribution in [0.4, 0.5) is 0 Å². The summed E-state index contributed by atoms with van der Waals surface area (Å²) in [6.45, 7) is 0. The standard InChI is InChI=1S/C19H21NO/c1-20(18-10-6-13-4-2-3-5-16(13)18)19-11-7-14-12-15(21)8-9-17(14)19/h2-5,8-9,12,18-19,21H,6-7,10-11H2,1H3. The van der Waals surface area contributed by atoms with E-state index in [9.17, 15) is 5.11 Å². The van der Waals surface area contributed by atoms with Crippen molar-refractivity contribution in [1.82, 2.24) is 4.90 Å². The summed E-state index contributed by atoms with van der Waals surface area (Å²) in [5.41, 5.74) is 5.74. The highest BCUT2D eigenvalue weighted by Gasteiger charge is 2.33. The van der Waals surface area contributed by atoms with Gasteiger partial charge in [-0.1, -0.05) is 30.3 Å². The minimum absolute atomic E-state index is 0.392. The Morgan fingerprint density at radius 1 is 0.905 bits per heavy atom. The number of phenols is 1. The molecule has 1 N–H and O–H groups in total. The van der Waals surface area contributed by atoms with Crippen LogP contribution in [-0.2, 0) is 12.8 Å². The van der Waals surface area contributed by atoms with Gasteiger partial charge in [0.2, 0.25) is 0 Å². The van der Waals surface area contributed by atoms with Crippen molar-refractivity contribution in [3.63, 3.8) is 0 Å². The molecule has 4 rings (SSSR count). The second-order valence-electron chi connectivity index (χ2n) is 6.36. The zero-order valence-corrected chi connectivity index (χ0v) is 12.4. The SMILES string of the molecule is CN(C1CCc2ccccc21)C1CCc2cc(O)ccc21. The van der Waals surface area contributed by atoms with Gasteiger partial charge in [0, 0.05) is 12.1 Å². The third-order valence-electron chi connectivity index (χ3n) is 5.26. The highest BCUT2D eigenvalue weighted by molar-refractivity contribution is 5.41. The Kier molecular flexibility index (Phi) is 3.00. The zero-order valence-electron chi connectivity index (χ0n) is 12.4. The quantitative estimate of drug-likeness (QED) is 0.898. The van der Waals surface area contributed by atoms with E-state index >= 15 is 0 Å². The molecule has 0 heterocycles. The van der Waals surface area contributed by atoms with Crippen LogP contribution < -0.4 is 0 Å². The molecule has 108 valence electrons. The lowest BCUT2D eigenvalue weighted by atomic mass is 10.0. The molecule has 21 heavy (non-hydrogen) atoms. The van der Waals surface area contributed by atoms with E-state index in [4.69, 9.17) is 0 Å². The van der Waals surface area contributed by atoms with Gasteiger partial charge in [-0.25, -0.2) is 0 Å². The maximum Gasteiger partial charge on any atom is 0.115 e. The summed E-state index contributed by atoms with van der Waals surface area (Å²) in [6.07, 6.45) is 4.65. The van der Waals surface area contributed by atoms with Crippen LogP contribution in [0, 0.1) is 0 Å². The van der Waals surface area contributed by atoms with E-state index in [2.05, 4.69) is 42.3 Å². The van der Waals surface area contributed by atoms with Gasteiger partial charge >= 0.3 is 0 Å². The van der Waals surface area contributed by atoms with Crippen LogP contribution in [0.1, 0.15) is 47.2 Å². The van der Waals surface area contributed by atoms with Crippen LogP contribution >= 0.6 is 0 Å². The van der Waals surface area contributed by atoms with Crippen molar-refractivity contribution >= 4 is 0 Å². The molecule has 0 saturated heterocycles. The highest BCUT2D eigenvalue weighted by Crippen LogP contribution is 2.44. The van der Waals surface area contributed by atoms with E-state index in [1.165, 1.54) is 35.1 Å². The predicted molar refractivity (Wildman–Crippen MR) is 84.4 cm³/mol. The number of hydrogen-bond acceptors (Lipinski definition) is 2. The summed E-state index contributed by atoms with van der Waals surface area (Å²) >= 11 is 0. The molecule has 2 heteroatoms. The molecule has 0 radical (unpaired) electrons. The molecular formula is C19H21NO. The average molecular weight is 279 g/mol. The van der Waals surface area contributed by atoms with Crippen LogP contribution in [0.5, 0.6) is 5.75 Å².